The van der Waals surface area contributed by atoms with Gasteiger partial charge in [0, 0.05) is 38.1 Å². The molecule has 1 fully saturated rings. The molecule has 0 unspecified atom stereocenters. The topological polar surface area (TPSA) is 71.4 Å². The standard InChI is InChI=1S/C26H26F2N4O2/c1-3-18-21(27)7-6-16-12-17(33)13-19(22(16)18)24-23(28)25-20(14-29-24)26(31-15(2)30-25)32-8-4-10-34-11-5-9-32/h6-7,12-14,33H,3-5,8-11H2,1-2H3. The fraction of sp³-hybridized carbons (Fsp3) is 0.346. The fourth-order valence-electron chi connectivity index (χ4n) is 4.75. The lowest BCUT2D eigenvalue weighted by Gasteiger charge is -2.27. The molecule has 4 aromatic rings. The molecule has 34 heavy (non-hydrogen) atoms. The predicted molar refractivity (Wildman–Crippen MR) is 128 cm³/mol. The number of rotatable bonds is 3. The molecule has 0 amide bonds. The van der Waals surface area contributed by atoms with Crippen molar-refractivity contribution in [2.24, 2.45) is 0 Å². The number of aromatic nitrogens is 3. The first-order chi connectivity index (χ1) is 16.5. The van der Waals surface area contributed by atoms with E-state index in [9.17, 15) is 9.50 Å². The lowest BCUT2D eigenvalue weighted by molar-refractivity contribution is 0.124. The summed E-state index contributed by atoms with van der Waals surface area (Å²) in [6, 6.07) is 5.94. The second-order valence-electron chi connectivity index (χ2n) is 8.55. The van der Waals surface area contributed by atoms with Crippen LogP contribution in [0.2, 0.25) is 0 Å². The molecule has 2 aromatic heterocycles. The van der Waals surface area contributed by atoms with Crippen molar-refractivity contribution in [3.63, 3.8) is 0 Å². The van der Waals surface area contributed by atoms with Crippen LogP contribution in [-0.4, -0.2) is 46.4 Å². The number of aromatic hydroxyl groups is 1. The summed E-state index contributed by atoms with van der Waals surface area (Å²) in [6.45, 7) is 6.42. The van der Waals surface area contributed by atoms with Gasteiger partial charge in [-0.05, 0) is 60.7 Å². The van der Waals surface area contributed by atoms with Crippen molar-refractivity contribution in [1.29, 1.82) is 0 Å². The van der Waals surface area contributed by atoms with E-state index >= 15 is 4.39 Å². The van der Waals surface area contributed by atoms with E-state index < -0.39 is 5.82 Å². The minimum absolute atomic E-state index is 0.0267. The van der Waals surface area contributed by atoms with Gasteiger partial charge in [-0.25, -0.2) is 18.7 Å². The van der Waals surface area contributed by atoms with Gasteiger partial charge in [0.1, 0.15) is 34.4 Å². The van der Waals surface area contributed by atoms with Crippen LogP contribution in [0.4, 0.5) is 14.6 Å². The Morgan fingerprint density at radius 3 is 2.59 bits per heavy atom. The Bertz CT molecular complexity index is 1390. The summed E-state index contributed by atoms with van der Waals surface area (Å²) >= 11 is 0. The highest BCUT2D eigenvalue weighted by atomic mass is 19.1. The van der Waals surface area contributed by atoms with Crippen molar-refractivity contribution < 1.29 is 18.6 Å². The molecule has 1 saturated heterocycles. The number of halogens is 2. The van der Waals surface area contributed by atoms with E-state index in [1.165, 1.54) is 12.1 Å². The number of phenolic OH excluding ortho intramolecular Hbond substituents is 1. The first-order valence-electron chi connectivity index (χ1n) is 11.6. The number of hydrogen-bond acceptors (Lipinski definition) is 6. The maximum Gasteiger partial charge on any atom is 0.175 e. The summed E-state index contributed by atoms with van der Waals surface area (Å²) in [5, 5.41) is 12.0. The highest BCUT2D eigenvalue weighted by molar-refractivity contribution is 6.01. The average molecular weight is 465 g/mol. The van der Waals surface area contributed by atoms with E-state index in [1.807, 2.05) is 6.92 Å². The number of fused-ring (bicyclic) bond motifs is 2. The molecule has 2 aromatic carbocycles. The Morgan fingerprint density at radius 1 is 1.09 bits per heavy atom. The predicted octanol–water partition coefficient (Wildman–Crippen LogP) is 5.32. The summed E-state index contributed by atoms with van der Waals surface area (Å²) in [5.41, 5.74) is 0.985. The van der Waals surface area contributed by atoms with Crippen LogP contribution in [0.25, 0.3) is 32.9 Å². The minimum Gasteiger partial charge on any atom is -0.508 e. The van der Waals surface area contributed by atoms with Gasteiger partial charge in [0.05, 0.1) is 5.39 Å². The number of pyridine rings is 1. The van der Waals surface area contributed by atoms with Crippen molar-refractivity contribution in [3.8, 4) is 17.0 Å². The monoisotopic (exact) mass is 464 g/mol. The molecule has 6 nitrogen and oxygen atoms in total. The van der Waals surface area contributed by atoms with E-state index in [0.717, 1.165) is 25.9 Å². The number of ether oxygens (including phenoxy) is 1. The molecule has 176 valence electrons. The van der Waals surface area contributed by atoms with Crippen LogP contribution in [0.3, 0.4) is 0 Å². The molecule has 0 aliphatic carbocycles. The molecular formula is C26H26F2N4O2. The van der Waals surface area contributed by atoms with Crippen LogP contribution in [-0.2, 0) is 11.2 Å². The van der Waals surface area contributed by atoms with Gasteiger partial charge in [-0.2, -0.15) is 0 Å². The molecule has 0 bridgehead atoms. The van der Waals surface area contributed by atoms with Crippen LogP contribution < -0.4 is 4.90 Å². The zero-order valence-corrected chi connectivity index (χ0v) is 19.2. The first kappa shape index (κ1) is 22.4. The van der Waals surface area contributed by atoms with Gasteiger partial charge in [0.25, 0.3) is 0 Å². The van der Waals surface area contributed by atoms with Crippen molar-refractivity contribution in [3.05, 3.63) is 53.5 Å². The molecule has 0 spiro atoms. The fourth-order valence-corrected chi connectivity index (χ4v) is 4.75. The lowest BCUT2D eigenvalue weighted by atomic mass is 9.94. The number of anilines is 1. The van der Waals surface area contributed by atoms with Crippen molar-refractivity contribution >= 4 is 27.5 Å². The third-order valence-electron chi connectivity index (χ3n) is 6.27. The first-order valence-corrected chi connectivity index (χ1v) is 11.6. The SMILES string of the molecule is CCc1c(F)ccc2cc(O)cc(-c3ncc4c(N5CCCOCCC5)nc(C)nc4c3F)c12. The van der Waals surface area contributed by atoms with Gasteiger partial charge in [-0.3, -0.25) is 4.98 Å². The largest absolute Gasteiger partial charge is 0.508 e. The third-order valence-corrected chi connectivity index (χ3v) is 6.27. The maximum atomic E-state index is 16.1. The van der Waals surface area contributed by atoms with Gasteiger partial charge in [0.15, 0.2) is 5.82 Å². The second-order valence-corrected chi connectivity index (χ2v) is 8.55. The van der Waals surface area contributed by atoms with Crippen molar-refractivity contribution in [2.75, 3.05) is 31.2 Å². The van der Waals surface area contributed by atoms with E-state index in [-0.39, 0.29) is 22.8 Å². The highest BCUT2D eigenvalue weighted by Crippen LogP contribution is 2.38. The zero-order chi connectivity index (χ0) is 23.8. The lowest BCUT2D eigenvalue weighted by Crippen LogP contribution is -2.30. The molecule has 0 radical (unpaired) electrons. The summed E-state index contributed by atoms with van der Waals surface area (Å²) in [7, 11) is 0. The molecule has 1 aliphatic heterocycles. The Hall–Kier alpha value is -3.39. The molecule has 0 atom stereocenters. The molecule has 5 rings (SSSR count). The van der Waals surface area contributed by atoms with Gasteiger partial charge < -0.3 is 14.7 Å². The quantitative estimate of drug-likeness (QED) is 0.443. The van der Waals surface area contributed by atoms with Gasteiger partial charge in [-0.15, -0.1) is 0 Å². The summed E-state index contributed by atoms with van der Waals surface area (Å²) in [4.78, 5) is 15.6. The third kappa shape index (κ3) is 3.92. The Balaban J connectivity index is 1.74. The van der Waals surface area contributed by atoms with E-state index in [0.29, 0.717) is 58.6 Å². The van der Waals surface area contributed by atoms with Crippen LogP contribution >= 0.6 is 0 Å². The molecule has 3 heterocycles. The van der Waals surface area contributed by atoms with Gasteiger partial charge in [0.2, 0.25) is 0 Å². The summed E-state index contributed by atoms with van der Waals surface area (Å²) in [6.07, 6.45) is 3.69. The van der Waals surface area contributed by atoms with Crippen LogP contribution in [0.1, 0.15) is 31.2 Å². The normalized spacial score (nSPS) is 15.0. The Morgan fingerprint density at radius 2 is 1.85 bits per heavy atom. The summed E-state index contributed by atoms with van der Waals surface area (Å²) in [5.74, 6) is 0.0867. The average Bonchev–Trinajstić information content (AvgIpc) is 2.79. The van der Waals surface area contributed by atoms with Crippen molar-refractivity contribution in [1.82, 2.24) is 15.0 Å². The van der Waals surface area contributed by atoms with Crippen LogP contribution in [0.5, 0.6) is 5.75 Å². The van der Waals surface area contributed by atoms with E-state index in [1.54, 1.807) is 25.3 Å². The minimum atomic E-state index is -0.613. The number of phenols is 1. The van der Waals surface area contributed by atoms with E-state index in [2.05, 4.69) is 19.9 Å². The summed E-state index contributed by atoms with van der Waals surface area (Å²) < 4.78 is 36.2. The number of hydrogen-bond donors (Lipinski definition) is 1. The van der Waals surface area contributed by atoms with E-state index in [4.69, 9.17) is 4.74 Å². The molecule has 0 saturated carbocycles. The molecule has 8 heteroatoms. The van der Waals surface area contributed by atoms with Gasteiger partial charge >= 0.3 is 0 Å². The Labute approximate surface area is 196 Å². The highest BCUT2D eigenvalue weighted by Gasteiger charge is 2.22. The maximum absolute atomic E-state index is 16.1. The molecule has 1 N–H and O–H groups in total. The van der Waals surface area contributed by atoms with Crippen LogP contribution in [0.15, 0.2) is 30.5 Å². The number of aryl methyl sites for hydroxylation is 2. The molecule has 1 aliphatic rings. The number of nitrogens with zero attached hydrogens (tertiary/aromatic N) is 4. The second kappa shape index (κ2) is 9.10. The molecular weight excluding hydrogens is 438 g/mol. The smallest absolute Gasteiger partial charge is 0.175 e. The number of benzene rings is 2. The van der Waals surface area contributed by atoms with Crippen molar-refractivity contribution in [2.45, 2.75) is 33.1 Å². The zero-order valence-electron chi connectivity index (χ0n) is 19.2. The van der Waals surface area contributed by atoms with Gasteiger partial charge in [-0.1, -0.05) is 13.0 Å². The Kier molecular flexibility index (Phi) is 6.00. The van der Waals surface area contributed by atoms with Crippen LogP contribution in [0, 0.1) is 18.6 Å².